The number of fused-ring (bicyclic) bond motifs is 6. The Hall–Kier alpha value is -1.42. The van der Waals surface area contributed by atoms with E-state index < -0.39 is 0 Å². The Morgan fingerprint density at radius 3 is 3.00 bits per heavy atom. The summed E-state index contributed by atoms with van der Waals surface area (Å²) in [5, 5.41) is 1.34. The number of nitrogens with one attached hydrogen (secondary N) is 1. The molecule has 2 aromatic rings. The van der Waals surface area contributed by atoms with Gasteiger partial charge in [-0.15, -0.1) is 0 Å². The van der Waals surface area contributed by atoms with Crippen LogP contribution in [0.4, 0.5) is 0 Å². The lowest BCUT2D eigenvalue weighted by atomic mass is 9.65. The third kappa shape index (κ3) is 2.74. The van der Waals surface area contributed by atoms with Crippen LogP contribution < -0.4 is 0 Å². The molecule has 1 aliphatic carbocycles. The quantitative estimate of drug-likeness (QED) is 0.614. The number of methoxy groups -OCH3 is 1. The van der Waals surface area contributed by atoms with E-state index in [1.165, 1.54) is 29.3 Å². The maximum absolute atomic E-state index is 12.6. The molecular formula is C21H27N2O3P. The number of H-pyrrole nitrogens is 1. The zero-order valence-electron chi connectivity index (χ0n) is 15.6. The molecule has 0 bridgehead atoms. The van der Waals surface area contributed by atoms with Crippen LogP contribution in [0.2, 0.25) is 0 Å². The van der Waals surface area contributed by atoms with Gasteiger partial charge in [-0.3, -0.25) is 9.69 Å². The summed E-state index contributed by atoms with van der Waals surface area (Å²) in [6.07, 6.45) is 4.12. The lowest BCUT2D eigenvalue weighted by molar-refractivity contribution is -0.151. The van der Waals surface area contributed by atoms with Gasteiger partial charge in [-0.25, -0.2) is 0 Å². The molecule has 144 valence electrons. The first-order chi connectivity index (χ1) is 13.2. The van der Waals surface area contributed by atoms with Crippen molar-refractivity contribution in [1.29, 1.82) is 0 Å². The van der Waals surface area contributed by atoms with Crippen LogP contribution in [0.25, 0.3) is 10.9 Å². The predicted molar refractivity (Wildman–Crippen MR) is 107 cm³/mol. The highest BCUT2D eigenvalue weighted by atomic mass is 31.1. The van der Waals surface area contributed by atoms with Crippen molar-refractivity contribution in [2.45, 2.75) is 37.4 Å². The largest absolute Gasteiger partial charge is 0.469 e. The van der Waals surface area contributed by atoms with Crippen LogP contribution in [0.5, 0.6) is 0 Å². The standard InChI is InChI=1S/C21H27N2O3P/c1-26-21(24)19-15-10-17-20-14(13-4-2-3-5-16(13)22-20)8-9-23(17)11-12(15)6-7-18(19)27-25/h2-5,12,15,17-19,22,25,27H,6-11H2,1H3/t12-,15-,17-,18-,19+/m0/s1. The van der Waals surface area contributed by atoms with E-state index in [-0.39, 0.29) is 26.4 Å². The molecule has 0 amide bonds. The third-order valence-corrected chi connectivity index (χ3v) is 8.20. The lowest BCUT2D eigenvalue weighted by Crippen LogP contribution is -2.52. The topological polar surface area (TPSA) is 65.6 Å². The monoisotopic (exact) mass is 386 g/mol. The lowest BCUT2D eigenvalue weighted by Gasteiger charge is -2.51. The molecule has 5 rings (SSSR count). The van der Waals surface area contributed by atoms with E-state index in [4.69, 9.17) is 4.74 Å². The molecule has 2 aliphatic heterocycles. The molecule has 2 N–H and O–H groups in total. The molecule has 0 spiro atoms. The van der Waals surface area contributed by atoms with E-state index in [2.05, 4.69) is 34.1 Å². The molecule has 1 saturated heterocycles. The van der Waals surface area contributed by atoms with Gasteiger partial charge in [0.05, 0.1) is 19.1 Å². The Morgan fingerprint density at radius 2 is 2.19 bits per heavy atom. The first-order valence-corrected chi connectivity index (χ1v) is 11.0. The average Bonchev–Trinajstić information content (AvgIpc) is 3.10. The second-order valence-electron chi connectivity index (χ2n) is 8.35. The highest BCUT2D eigenvalue weighted by molar-refractivity contribution is 7.32. The van der Waals surface area contributed by atoms with E-state index >= 15 is 0 Å². The Bertz CT molecular complexity index is 866. The zero-order valence-corrected chi connectivity index (χ0v) is 16.6. The van der Waals surface area contributed by atoms with Crippen LogP contribution in [-0.4, -0.2) is 46.6 Å². The van der Waals surface area contributed by atoms with Crippen molar-refractivity contribution in [3.05, 3.63) is 35.5 Å². The minimum Gasteiger partial charge on any atom is -0.469 e. The molecule has 6 heteroatoms. The van der Waals surface area contributed by atoms with Crippen molar-refractivity contribution in [3.63, 3.8) is 0 Å². The molecule has 3 heterocycles. The molecule has 2 fully saturated rings. The minimum atomic E-state index is -0.179. The molecule has 5 nitrogen and oxygen atoms in total. The number of benzene rings is 1. The van der Waals surface area contributed by atoms with Crippen molar-refractivity contribution >= 4 is 25.7 Å². The number of carbonyl (C=O) groups excluding carboxylic acids is 1. The van der Waals surface area contributed by atoms with Crippen molar-refractivity contribution < 1.29 is 14.4 Å². The van der Waals surface area contributed by atoms with E-state index in [1.807, 2.05) is 0 Å². The van der Waals surface area contributed by atoms with Crippen molar-refractivity contribution in [2.24, 2.45) is 17.8 Å². The van der Waals surface area contributed by atoms with Gasteiger partial charge in [-0.1, -0.05) is 18.2 Å². The Morgan fingerprint density at radius 1 is 1.33 bits per heavy atom. The summed E-state index contributed by atoms with van der Waals surface area (Å²) >= 11 is 0. The number of para-hydroxylation sites is 1. The van der Waals surface area contributed by atoms with Gasteiger partial charge < -0.3 is 14.6 Å². The van der Waals surface area contributed by atoms with Gasteiger partial charge in [-0.2, -0.15) is 0 Å². The van der Waals surface area contributed by atoms with Gasteiger partial charge in [0.25, 0.3) is 0 Å². The smallest absolute Gasteiger partial charge is 0.309 e. The van der Waals surface area contributed by atoms with Crippen LogP contribution in [0.3, 0.4) is 0 Å². The fourth-order valence-electron chi connectivity index (χ4n) is 5.98. The Kier molecular flexibility index (Phi) is 4.50. The number of esters is 1. The molecule has 1 aromatic carbocycles. The van der Waals surface area contributed by atoms with Crippen molar-refractivity contribution in [1.82, 2.24) is 9.88 Å². The summed E-state index contributed by atoms with van der Waals surface area (Å²) in [6.45, 7) is 2.15. The molecule has 1 saturated carbocycles. The summed E-state index contributed by atoms with van der Waals surface area (Å²) in [5.41, 5.74) is 4.08. The highest BCUT2D eigenvalue weighted by Gasteiger charge is 2.49. The van der Waals surface area contributed by atoms with Gasteiger partial charge in [-0.05, 0) is 49.1 Å². The summed E-state index contributed by atoms with van der Waals surface area (Å²) in [7, 11) is 1.30. The number of aromatic nitrogens is 1. The van der Waals surface area contributed by atoms with E-state index in [9.17, 15) is 9.69 Å². The van der Waals surface area contributed by atoms with Gasteiger partial charge in [0.2, 0.25) is 0 Å². The normalized spacial score (nSPS) is 33.6. The number of hydrogen-bond donors (Lipinski definition) is 2. The third-order valence-electron chi connectivity index (χ3n) is 7.22. The maximum Gasteiger partial charge on any atom is 0.309 e. The second-order valence-corrected chi connectivity index (χ2v) is 9.34. The Balaban J connectivity index is 1.52. The molecule has 6 atom stereocenters. The summed E-state index contributed by atoms with van der Waals surface area (Å²) in [6, 6.07) is 8.91. The van der Waals surface area contributed by atoms with Crippen molar-refractivity contribution in [3.8, 4) is 0 Å². The first kappa shape index (κ1) is 17.7. The molecule has 1 aromatic heterocycles. The van der Waals surface area contributed by atoms with Crippen LogP contribution >= 0.6 is 8.81 Å². The fraction of sp³-hybridized carbons (Fsp3) is 0.571. The molecular weight excluding hydrogens is 359 g/mol. The summed E-state index contributed by atoms with van der Waals surface area (Å²) in [5.74, 6) is 0.546. The van der Waals surface area contributed by atoms with Crippen LogP contribution in [-0.2, 0) is 16.0 Å². The molecule has 1 unspecified atom stereocenters. The number of piperidine rings is 1. The van der Waals surface area contributed by atoms with E-state index in [0.717, 1.165) is 38.8 Å². The van der Waals surface area contributed by atoms with Crippen LogP contribution in [0, 0.1) is 17.8 Å². The predicted octanol–water partition coefficient (Wildman–Crippen LogP) is 3.24. The number of ether oxygens (including phenoxy) is 1. The molecule has 27 heavy (non-hydrogen) atoms. The first-order valence-electron chi connectivity index (χ1n) is 10.0. The zero-order chi connectivity index (χ0) is 18.5. The van der Waals surface area contributed by atoms with E-state index in [1.54, 1.807) is 0 Å². The van der Waals surface area contributed by atoms with Gasteiger partial charge in [0.1, 0.15) is 0 Å². The number of rotatable bonds is 2. The number of carbonyl (C=O) groups is 1. The van der Waals surface area contributed by atoms with Gasteiger partial charge in [0.15, 0.2) is 0 Å². The maximum atomic E-state index is 12.6. The number of aromatic amines is 1. The highest BCUT2D eigenvalue weighted by Crippen LogP contribution is 2.51. The number of nitrogens with zero attached hydrogens (tertiary/aromatic N) is 1. The Labute approximate surface area is 161 Å². The molecule has 0 radical (unpaired) electrons. The van der Waals surface area contributed by atoms with Crippen molar-refractivity contribution in [2.75, 3.05) is 20.2 Å². The average molecular weight is 386 g/mol. The number of hydrogen-bond acceptors (Lipinski definition) is 4. The van der Waals surface area contributed by atoms with E-state index in [0.29, 0.717) is 17.9 Å². The van der Waals surface area contributed by atoms with Crippen LogP contribution in [0.1, 0.15) is 36.6 Å². The summed E-state index contributed by atoms with van der Waals surface area (Å²) < 4.78 is 5.16. The van der Waals surface area contributed by atoms with Crippen LogP contribution in [0.15, 0.2) is 24.3 Å². The van der Waals surface area contributed by atoms with Gasteiger partial charge >= 0.3 is 5.97 Å². The minimum absolute atomic E-state index is 0.0658. The second kappa shape index (κ2) is 6.88. The summed E-state index contributed by atoms with van der Waals surface area (Å²) in [4.78, 5) is 28.8. The SMILES string of the molecule is COC(=O)[C@@H]1[C@H]2C[C@H]3c4[nH]c5ccccc5c4CCN3C[C@@H]2CC[C@@H]1PO. The molecule has 3 aliphatic rings. The van der Waals surface area contributed by atoms with Gasteiger partial charge in [0, 0.05) is 44.2 Å². The fourth-order valence-corrected chi connectivity index (χ4v) is 6.82.